The molecule has 0 saturated carbocycles. The van der Waals surface area contributed by atoms with Crippen LogP contribution in [-0.4, -0.2) is 13.1 Å². The molecular formula is C13H18O2. The van der Waals surface area contributed by atoms with Gasteiger partial charge in [-0.15, -0.1) is 0 Å². The molecule has 82 valence electrons. The molecule has 0 N–H and O–H groups in total. The molecule has 0 aliphatic rings. The highest BCUT2D eigenvalue weighted by Gasteiger charge is 2.15. The lowest BCUT2D eigenvalue weighted by Gasteiger charge is -2.13. The molecule has 0 atom stereocenters. The van der Waals surface area contributed by atoms with Crippen LogP contribution in [-0.2, 0) is 4.74 Å². The molecule has 0 spiro atoms. The fourth-order valence-corrected chi connectivity index (χ4v) is 1.60. The summed E-state index contributed by atoms with van der Waals surface area (Å²) in [5.41, 5.74) is 4.09. The first-order valence-corrected chi connectivity index (χ1v) is 5.16. The first kappa shape index (κ1) is 11.8. The predicted molar refractivity (Wildman–Crippen MR) is 61.3 cm³/mol. The maximum Gasteiger partial charge on any atom is 0.338 e. The second-order valence-corrected chi connectivity index (χ2v) is 4.17. The van der Waals surface area contributed by atoms with Crippen LogP contribution in [0.25, 0.3) is 0 Å². The predicted octanol–water partition coefficient (Wildman–Crippen LogP) is 3.21. The van der Waals surface area contributed by atoms with E-state index in [1.807, 2.05) is 13.0 Å². The van der Waals surface area contributed by atoms with E-state index >= 15 is 0 Å². The van der Waals surface area contributed by atoms with Crippen molar-refractivity contribution < 1.29 is 9.53 Å². The van der Waals surface area contributed by atoms with Crippen LogP contribution in [0.1, 0.15) is 46.8 Å². The Balaban J connectivity index is 3.34. The lowest BCUT2D eigenvalue weighted by atomic mass is 9.93. The third kappa shape index (κ3) is 2.38. The average Bonchev–Trinajstić information content (AvgIpc) is 2.20. The fraction of sp³-hybridized carbons (Fsp3) is 0.462. The Kier molecular flexibility index (Phi) is 3.51. The van der Waals surface area contributed by atoms with Crippen molar-refractivity contribution in [2.45, 2.75) is 33.6 Å². The van der Waals surface area contributed by atoms with Gasteiger partial charge in [-0.05, 0) is 42.5 Å². The smallest absolute Gasteiger partial charge is 0.338 e. The molecule has 2 heteroatoms. The van der Waals surface area contributed by atoms with Crippen molar-refractivity contribution >= 4 is 5.97 Å². The molecule has 0 amide bonds. The molecule has 2 nitrogen and oxygen atoms in total. The second kappa shape index (κ2) is 4.47. The van der Waals surface area contributed by atoms with Gasteiger partial charge < -0.3 is 4.74 Å². The first-order valence-electron chi connectivity index (χ1n) is 5.16. The van der Waals surface area contributed by atoms with E-state index in [4.69, 9.17) is 4.74 Å². The van der Waals surface area contributed by atoms with Gasteiger partial charge in [0.1, 0.15) is 0 Å². The highest BCUT2D eigenvalue weighted by Crippen LogP contribution is 2.23. The van der Waals surface area contributed by atoms with Crippen LogP contribution in [0.5, 0.6) is 0 Å². The number of rotatable bonds is 2. The van der Waals surface area contributed by atoms with Crippen LogP contribution in [0.2, 0.25) is 0 Å². The lowest BCUT2D eigenvalue weighted by Crippen LogP contribution is -2.08. The van der Waals surface area contributed by atoms with E-state index in [1.54, 1.807) is 0 Å². The van der Waals surface area contributed by atoms with Gasteiger partial charge in [0.05, 0.1) is 12.7 Å². The zero-order valence-electron chi connectivity index (χ0n) is 10.0. The van der Waals surface area contributed by atoms with E-state index in [1.165, 1.54) is 12.7 Å². The Hall–Kier alpha value is -1.31. The molecule has 0 heterocycles. The third-order valence-electron chi connectivity index (χ3n) is 2.69. The maximum absolute atomic E-state index is 11.6. The second-order valence-electron chi connectivity index (χ2n) is 4.17. The van der Waals surface area contributed by atoms with Crippen molar-refractivity contribution in [1.29, 1.82) is 0 Å². The SMILES string of the molecule is COC(=O)c1cc(C)c(C)cc1C(C)C. The molecule has 0 bridgehead atoms. The third-order valence-corrected chi connectivity index (χ3v) is 2.69. The number of carbonyl (C=O) groups excluding carboxylic acids is 1. The highest BCUT2D eigenvalue weighted by molar-refractivity contribution is 5.91. The van der Waals surface area contributed by atoms with E-state index in [0.29, 0.717) is 11.5 Å². The Morgan fingerprint density at radius 1 is 1.20 bits per heavy atom. The van der Waals surface area contributed by atoms with Gasteiger partial charge in [0.25, 0.3) is 0 Å². The normalized spacial score (nSPS) is 10.5. The molecule has 0 aromatic heterocycles. The molecule has 1 aromatic carbocycles. The topological polar surface area (TPSA) is 26.3 Å². The summed E-state index contributed by atoms with van der Waals surface area (Å²) in [5, 5.41) is 0. The van der Waals surface area contributed by atoms with E-state index in [2.05, 4.69) is 26.8 Å². The van der Waals surface area contributed by atoms with Gasteiger partial charge in [-0.25, -0.2) is 4.79 Å². The number of benzene rings is 1. The summed E-state index contributed by atoms with van der Waals surface area (Å²) in [6.45, 7) is 8.22. The van der Waals surface area contributed by atoms with Crippen molar-refractivity contribution in [1.82, 2.24) is 0 Å². The first-order chi connectivity index (χ1) is 6.97. The van der Waals surface area contributed by atoms with Crippen LogP contribution < -0.4 is 0 Å². The summed E-state index contributed by atoms with van der Waals surface area (Å²) in [6.07, 6.45) is 0. The van der Waals surface area contributed by atoms with Crippen molar-refractivity contribution in [2.75, 3.05) is 7.11 Å². The highest BCUT2D eigenvalue weighted by atomic mass is 16.5. The van der Waals surface area contributed by atoms with E-state index in [-0.39, 0.29) is 5.97 Å². The van der Waals surface area contributed by atoms with Crippen LogP contribution in [0.3, 0.4) is 0 Å². The van der Waals surface area contributed by atoms with Crippen LogP contribution in [0.4, 0.5) is 0 Å². The molecule has 0 radical (unpaired) electrons. The summed E-state index contributed by atoms with van der Waals surface area (Å²) in [7, 11) is 1.42. The Bertz CT molecular complexity index is 378. The maximum atomic E-state index is 11.6. The summed E-state index contributed by atoms with van der Waals surface area (Å²) in [5.74, 6) is 0.0835. The lowest BCUT2D eigenvalue weighted by molar-refractivity contribution is 0.0599. The Labute approximate surface area is 91.3 Å². The Morgan fingerprint density at radius 2 is 1.73 bits per heavy atom. The van der Waals surface area contributed by atoms with Crippen molar-refractivity contribution in [3.05, 3.63) is 34.4 Å². The molecule has 1 aromatic rings. The number of esters is 1. The van der Waals surface area contributed by atoms with Crippen molar-refractivity contribution in [2.24, 2.45) is 0 Å². The number of methoxy groups -OCH3 is 1. The van der Waals surface area contributed by atoms with Crippen molar-refractivity contribution in [3.63, 3.8) is 0 Å². The van der Waals surface area contributed by atoms with Gasteiger partial charge in [-0.2, -0.15) is 0 Å². The van der Waals surface area contributed by atoms with Crippen LogP contribution in [0, 0.1) is 13.8 Å². The van der Waals surface area contributed by atoms with Gasteiger partial charge in [0, 0.05) is 0 Å². The molecule has 1 rings (SSSR count). The van der Waals surface area contributed by atoms with Gasteiger partial charge in [-0.3, -0.25) is 0 Å². The average molecular weight is 206 g/mol. The number of carbonyl (C=O) groups is 1. The van der Waals surface area contributed by atoms with Gasteiger partial charge >= 0.3 is 5.97 Å². The van der Waals surface area contributed by atoms with Gasteiger partial charge in [0.15, 0.2) is 0 Å². The summed E-state index contributed by atoms with van der Waals surface area (Å²) < 4.78 is 4.78. The molecule has 0 unspecified atom stereocenters. The Morgan fingerprint density at radius 3 is 2.20 bits per heavy atom. The number of hydrogen-bond donors (Lipinski definition) is 0. The number of ether oxygens (including phenoxy) is 1. The number of hydrogen-bond acceptors (Lipinski definition) is 2. The zero-order chi connectivity index (χ0) is 11.6. The minimum absolute atomic E-state index is 0.248. The summed E-state index contributed by atoms with van der Waals surface area (Å²) in [6, 6.07) is 3.99. The van der Waals surface area contributed by atoms with Gasteiger partial charge in [0.2, 0.25) is 0 Å². The summed E-state index contributed by atoms with van der Waals surface area (Å²) >= 11 is 0. The van der Waals surface area contributed by atoms with Crippen LogP contribution >= 0.6 is 0 Å². The molecule has 15 heavy (non-hydrogen) atoms. The van der Waals surface area contributed by atoms with Crippen molar-refractivity contribution in [3.8, 4) is 0 Å². The van der Waals surface area contributed by atoms with E-state index < -0.39 is 0 Å². The monoisotopic (exact) mass is 206 g/mol. The fourth-order valence-electron chi connectivity index (χ4n) is 1.60. The quantitative estimate of drug-likeness (QED) is 0.694. The van der Waals surface area contributed by atoms with E-state index in [9.17, 15) is 4.79 Å². The number of aryl methyl sites for hydroxylation is 2. The molecule has 0 aliphatic heterocycles. The molecular weight excluding hydrogens is 188 g/mol. The van der Waals surface area contributed by atoms with Gasteiger partial charge in [-0.1, -0.05) is 19.9 Å². The molecule has 0 saturated heterocycles. The molecule has 0 fully saturated rings. The minimum atomic E-state index is -0.248. The largest absolute Gasteiger partial charge is 0.465 e. The van der Waals surface area contributed by atoms with E-state index in [0.717, 1.165) is 11.1 Å². The standard InChI is InChI=1S/C13H18O2/c1-8(2)11-6-9(3)10(4)7-12(11)13(14)15-5/h6-8H,1-5H3. The summed E-state index contributed by atoms with van der Waals surface area (Å²) in [4.78, 5) is 11.6. The van der Waals surface area contributed by atoms with Crippen LogP contribution in [0.15, 0.2) is 12.1 Å². The zero-order valence-corrected chi connectivity index (χ0v) is 10.0. The molecule has 0 aliphatic carbocycles. The minimum Gasteiger partial charge on any atom is -0.465 e.